The molecule has 2 aliphatic heterocycles. The second kappa shape index (κ2) is 6.88. The van der Waals surface area contributed by atoms with Crippen LogP contribution in [0.25, 0.3) is 10.2 Å². The summed E-state index contributed by atoms with van der Waals surface area (Å²) in [5.74, 6) is 0.769. The number of aromatic nitrogens is 3. The minimum Gasteiger partial charge on any atom is -0.355 e. The van der Waals surface area contributed by atoms with Gasteiger partial charge in [0.25, 0.3) is 0 Å². The molecule has 2 aliphatic rings. The number of likely N-dealkylation sites (tertiary alicyclic amines) is 1. The fourth-order valence-electron chi connectivity index (χ4n) is 4.50. The molecule has 2 fully saturated rings. The van der Waals surface area contributed by atoms with Crippen LogP contribution in [0.1, 0.15) is 29.1 Å². The fraction of sp³-hybridized carbons (Fsp3) is 0.526. The van der Waals surface area contributed by atoms with Crippen LogP contribution < -0.4 is 4.90 Å². The van der Waals surface area contributed by atoms with Crippen LogP contribution in [0.15, 0.2) is 24.1 Å². The molecule has 0 saturated carbocycles. The second-order valence-electron chi connectivity index (χ2n) is 8.08. The topological polar surface area (TPSA) is 45.2 Å². The highest BCUT2D eigenvalue weighted by Crippen LogP contribution is 2.45. The average Bonchev–Trinajstić information content (AvgIpc) is 3.36. The van der Waals surface area contributed by atoms with Crippen LogP contribution in [-0.4, -0.2) is 52.2 Å². The molecule has 3 aromatic heterocycles. The van der Waals surface area contributed by atoms with Crippen molar-refractivity contribution in [2.24, 2.45) is 5.41 Å². The van der Waals surface area contributed by atoms with Crippen LogP contribution in [0.5, 0.6) is 0 Å². The molecule has 0 radical (unpaired) electrons. The summed E-state index contributed by atoms with van der Waals surface area (Å²) in [5.41, 5.74) is 2.11. The van der Waals surface area contributed by atoms with E-state index in [9.17, 15) is 13.2 Å². The van der Waals surface area contributed by atoms with Crippen LogP contribution in [0.3, 0.4) is 0 Å². The van der Waals surface area contributed by atoms with Crippen molar-refractivity contribution in [3.8, 4) is 0 Å². The van der Waals surface area contributed by atoms with Gasteiger partial charge in [0.2, 0.25) is 0 Å². The first kappa shape index (κ1) is 19.2. The zero-order chi connectivity index (χ0) is 20.2. The van der Waals surface area contributed by atoms with Gasteiger partial charge in [-0.25, -0.2) is 9.97 Å². The number of rotatable bonds is 4. The van der Waals surface area contributed by atoms with E-state index in [1.165, 1.54) is 11.2 Å². The summed E-state index contributed by atoms with van der Waals surface area (Å²) in [4.78, 5) is 19.7. The lowest BCUT2D eigenvalue weighted by molar-refractivity contribution is -0.126. The average molecular weight is 440 g/mol. The highest BCUT2D eigenvalue weighted by atomic mass is 32.1. The summed E-state index contributed by atoms with van der Waals surface area (Å²) in [5, 5.41) is 0.739. The van der Waals surface area contributed by atoms with E-state index in [1.54, 1.807) is 17.4 Å². The molecule has 0 N–H and O–H groups in total. The van der Waals surface area contributed by atoms with E-state index in [0.717, 1.165) is 55.1 Å². The maximum atomic E-state index is 12.8. The van der Waals surface area contributed by atoms with Gasteiger partial charge in [0, 0.05) is 53.6 Å². The number of alkyl halides is 3. The molecule has 0 aromatic carbocycles. The van der Waals surface area contributed by atoms with E-state index in [0.29, 0.717) is 10.9 Å². The first-order valence-electron chi connectivity index (χ1n) is 9.50. The van der Waals surface area contributed by atoms with Crippen molar-refractivity contribution in [3.05, 3.63) is 33.9 Å². The number of hydrogen-bond donors (Lipinski definition) is 0. The normalized spacial score (nSPS) is 20.5. The molecule has 5 nitrogen and oxygen atoms in total. The highest BCUT2D eigenvalue weighted by Gasteiger charge is 2.49. The van der Waals surface area contributed by atoms with Gasteiger partial charge >= 0.3 is 6.18 Å². The van der Waals surface area contributed by atoms with E-state index in [4.69, 9.17) is 0 Å². The van der Waals surface area contributed by atoms with E-state index in [2.05, 4.69) is 31.7 Å². The molecule has 0 aliphatic carbocycles. The lowest BCUT2D eigenvalue weighted by atomic mass is 9.78. The summed E-state index contributed by atoms with van der Waals surface area (Å²) in [7, 11) is 0. The van der Waals surface area contributed by atoms with Crippen molar-refractivity contribution in [2.45, 2.75) is 32.0 Å². The van der Waals surface area contributed by atoms with Crippen LogP contribution >= 0.6 is 22.7 Å². The number of halogens is 3. The predicted molar refractivity (Wildman–Crippen MR) is 109 cm³/mol. The molecule has 10 heteroatoms. The third-order valence-corrected chi connectivity index (χ3v) is 7.95. The van der Waals surface area contributed by atoms with Crippen molar-refractivity contribution < 1.29 is 13.2 Å². The summed E-state index contributed by atoms with van der Waals surface area (Å²) >= 11 is 2.79. The molecule has 29 heavy (non-hydrogen) atoms. The second-order valence-corrected chi connectivity index (χ2v) is 10.1. The third kappa shape index (κ3) is 3.62. The Morgan fingerprint density at radius 2 is 2.07 bits per heavy atom. The van der Waals surface area contributed by atoms with Gasteiger partial charge in [-0.2, -0.15) is 13.2 Å². The molecular weight excluding hydrogens is 419 g/mol. The summed E-state index contributed by atoms with van der Waals surface area (Å²) in [6.45, 7) is 6.03. The number of anilines is 1. The van der Waals surface area contributed by atoms with E-state index in [1.807, 2.05) is 11.7 Å². The van der Waals surface area contributed by atoms with Crippen molar-refractivity contribution >= 4 is 38.7 Å². The van der Waals surface area contributed by atoms with Gasteiger partial charge in [-0.3, -0.25) is 9.88 Å². The quantitative estimate of drug-likeness (QED) is 0.598. The predicted octanol–water partition coefficient (Wildman–Crippen LogP) is 4.53. The third-order valence-electron chi connectivity index (χ3n) is 5.96. The molecule has 0 bridgehead atoms. The van der Waals surface area contributed by atoms with E-state index < -0.39 is 12.6 Å². The SMILES string of the molecule is CC(c1cncs1)N1CC2(CCN(c3ncnc4sc(CC(F)(F)F)cc34)C2)C1. The molecule has 1 atom stereocenters. The Labute approximate surface area is 174 Å². The monoisotopic (exact) mass is 439 g/mol. The van der Waals surface area contributed by atoms with Crippen LogP contribution in [0.2, 0.25) is 0 Å². The molecule has 5 heterocycles. The Morgan fingerprint density at radius 3 is 2.79 bits per heavy atom. The lowest BCUT2D eigenvalue weighted by Gasteiger charge is -2.50. The van der Waals surface area contributed by atoms with Crippen molar-refractivity contribution in [1.29, 1.82) is 0 Å². The van der Waals surface area contributed by atoms with Crippen LogP contribution in [0, 0.1) is 5.41 Å². The fourth-order valence-corrected chi connectivity index (χ4v) is 6.24. The maximum Gasteiger partial charge on any atom is 0.393 e. The molecular formula is C19H20F3N5S2. The van der Waals surface area contributed by atoms with Gasteiger partial charge in [0.1, 0.15) is 17.0 Å². The van der Waals surface area contributed by atoms with Crippen LogP contribution in [0.4, 0.5) is 19.0 Å². The first-order valence-corrected chi connectivity index (χ1v) is 11.2. The van der Waals surface area contributed by atoms with Gasteiger partial charge < -0.3 is 4.90 Å². The maximum absolute atomic E-state index is 12.8. The Balaban J connectivity index is 1.31. The summed E-state index contributed by atoms with van der Waals surface area (Å²) in [6, 6.07) is 1.99. The minimum atomic E-state index is -4.21. The molecule has 3 aromatic rings. The van der Waals surface area contributed by atoms with Gasteiger partial charge in [0.05, 0.1) is 17.3 Å². The number of thiophene rings is 1. The molecule has 5 rings (SSSR count). The number of nitrogens with zero attached hydrogens (tertiary/aromatic N) is 5. The summed E-state index contributed by atoms with van der Waals surface area (Å²) in [6.07, 6.45) is -0.647. The van der Waals surface area contributed by atoms with Crippen molar-refractivity contribution in [3.63, 3.8) is 0 Å². The zero-order valence-corrected chi connectivity index (χ0v) is 17.4. The van der Waals surface area contributed by atoms with Crippen molar-refractivity contribution in [1.82, 2.24) is 19.9 Å². The molecule has 1 unspecified atom stereocenters. The van der Waals surface area contributed by atoms with E-state index >= 15 is 0 Å². The Morgan fingerprint density at radius 1 is 1.24 bits per heavy atom. The minimum absolute atomic E-state index is 0.237. The Bertz CT molecular complexity index is 1010. The summed E-state index contributed by atoms with van der Waals surface area (Å²) < 4.78 is 38.3. The van der Waals surface area contributed by atoms with Gasteiger partial charge in [-0.15, -0.1) is 22.7 Å². The van der Waals surface area contributed by atoms with Crippen molar-refractivity contribution in [2.75, 3.05) is 31.1 Å². The highest BCUT2D eigenvalue weighted by molar-refractivity contribution is 7.18. The van der Waals surface area contributed by atoms with Gasteiger partial charge in [-0.1, -0.05) is 0 Å². The van der Waals surface area contributed by atoms with Crippen LogP contribution in [-0.2, 0) is 6.42 Å². The number of hydrogen-bond acceptors (Lipinski definition) is 7. The first-order chi connectivity index (χ1) is 13.8. The van der Waals surface area contributed by atoms with Gasteiger partial charge in [0.15, 0.2) is 0 Å². The standard InChI is InChI=1S/C19H20F3N5S2/c1-12(15-6-23-11-28-15)27-8-18(9-27)2-3-26(7-18)16-14-4-13(5-19(20,21)22)29-17(14)25-10-24-16/h4,6,10-12H,2-3,5,7-9H2,1H3. The van der Waals surface area contributed by atoms with E-state index in [-0.39, 0.29) is 10.3 Å². The number of fused-ring (bicyclic) bond motifs is 1. The molecule has 1 spiro atoms. The number of thiazole rings is 1. The zero-order valence-electron chi connectivity index (χ0n) is 15.8. The Kier molecular flexibility index (Phi) is 4.56. The molecule has 2 saturated heterocycles. The largest absolute Gasteiger partial charge is 0.393 e. The lowest BCUT2D eigenvalue weighted by Crippen LogP contribution is -2.57. The smallest absolute Gasteiger partial charge is 0.355 e. The molecule has 0 amide bonds. The Hall–Kier alpha value is -1.78. The van der Waals surface area contributed by atoms with Gasteiger partial charge in [-0.05, 0) is 19.4 Å². The molecule has 154 valence electrons.